The number of aromatic nitrogens is 2. The highest BCUT2D eigenvalue weighted by Crippen LogP contribution is 2.55. The molecule has 3 N–H and O–H groups in total. The van der Waals surface area contributed by atoms with Gasteiger partial charge in [0.25, 0.3) is 0 Å². The molecule has 1 spiro atoms. The topological polar surface area (TPSA) is 104 Å². The van der Waals surface area contributed by atoms with Gasteiger partial charge in [-0.3, -0.25) is 9.48 Å². The molecular weight excluding hydrogens is 562 g/mol. The molecule has 0 unspecified atom stereocenters. The Morgan fingerprint density at radius 2 is 1.84 bits per heavy atom. The number of nitrogens with zero attached hydrogens (tertiary/aromatic N) is 5. The second kappa shape index (κ2) is 12.3. The predicted octanol–water partition coefficient (Wildman–Crippen LogP) is 5.47. The highest BCUT2D eigenvalue weighted by atomic mass is 35.5. The Labute approximate surface area is 261 Å². The van der Waals surface area contributed by atoms with Crippen LogP contribution in [0.5, 0.6) is 0 Å². The largest absolute Gasteiger partial charge is 0.398 e. The molecule has 1 aromatic heterocycles. The van der Waals surface area contributed by atoms with Crippen LogP contribution in [0.25, 0.3) is 11.1 Å². The van der Waals surface area contributed by atoms with Crippen molar-refractivity contribution in [3.63, 3.8) is 0 Å². The van der Waals surface area contributed by atoms with Crippen LogP contribution in [0.3, 0.4) is 0 Å². The Bertz CT molecular complexity index is 1380. The van der Waals surface area contributed by atoms with Crippen LogP contribution in [0.4, 0.5) is 11.5 Å². The number of anilines is 2. The van der Waals surface area contributed by atoms with Crippen molar-refractivity contribution < 1.29 is 9.53 Å². The number of ether oxygens (including phenoxy) is 1. The van der Waals surface area contributed by atoms with E-state index in [0.717, 1.165) is 99.8 Å². The maximum Gasteiger partial charge on any atom is 0.245 e. The molecule has 4 fully saturated rings. The van der Waals surface area contributed by atoms with E-state index in [2.05, 4.69) is 48.9 Å². The van der Waals surface area contributed by atoms with Gasteiger partial charge in [-0.2, -0.15) is 5.10 Å². The van der Waals surface area contributed by atoms with Crippen molar-refractivity contribution in [2.24, 2.45) is 5.41 Å². The lowest BCUT2D eigenvalue weighted by atomic mass is 9.60. The summed E-state index contributed by atoms with van der Waals surface area (Å²) in [6.07, 6.45) is 8.19. The summed E-state index contributed by atoms with van der Waals surface area (Å²) in [5.74, 6) is 0.979. The molecule has 1 saturated carbocycles. The first kappa shape index (κ1) is 31.5. The Hall–Kier alpha value is -2.88. The van der Waals surface area contributed by atoms with Crippen molar-refractivity contribution in [2.45, 2.75) is 71.4 Å². The predicted molar refractivity (Wildman–Crippen MR) is 176 cm³/mol. The van der Waals surface area contributed by atoms with Gasteiger partial charge in [-0.15, -0.1) is 0 Å². The minimum absolute atomic E-state index is 0.0180. The van der Waals surface area contributed by atoms with E-state index in [1.807, 2.05) is 11.8 Å². The molecule has 9 nitrogen and oxygen atoms in total. The second-order valence-electron chi connectivity index (χ2n) is 13.5. The van der Waals surface area contributed by atoms with E-state index in [-0.39, 0.29) is 22.9 Å². The van der Waals surface area contributed by atoms with E-state index in [4.69, 9.17) is 32.6 Å². The van der Waals surface area contributed by atoms with Crippen LogP contribution in [0.2, 0.25) is 5.02 Å². The number of hydrogen-bond acceptors (Lipinski definition) is 7. The van der Waals surface area contributed by atoms with Crippen molar-refractivity contribution >= 4 is 35.2 Å². The molecule has 0 radical (unpaired) electrons. The van der Waals surface area contributed by atoms with Crippen molar-refractivity contribution in [3.05, 3.63) is 40.6 Å². The van der Waals surface area contributed by atoms with E-state index in [9.17, 15) is 4.79 Å². The van der Waals surface area contributed by atoms with E-state index in [0.29, 0.717) is 16.3 Å². The summed E-state index contributed by atoms with van der Waals surface area (Å²) in [6.45, 7) is 18.9. The monoisotopic (exact) mass is 609 g/mol. The highest BCUT2D eigenvalue weighted by Gasteiger charge is 2.54. The number of rotatable bonds is 5. The van der Waals surface area contributed by atoms with Gasteiger partial charge in [0, 0.05) is 83.0 Å². The fourth-order valence-corrected chi connectivity index (χ4v) is 7.55. The first-order valence-corrected chi connectivity index (χ1v) is 15.9. The zero-order valence-corrected chi connectivity index (χ0v) is 27.3. The Morgan fingerprint density at radius 3 is 2.40 bits per heavy atom. The summed E-state index contributed by atoms with van der Waals surface area (Å²) in [6, 6.07) is 2.03. The van der Waals surface area contributed by atoms with Crippen LogP contribution in [-0.4, -0.2) is 90.2 Å². The van der Waals surface area contributed by atoms with Crippen molar-refractivity contribution in [1.29, 1.82) is 5.41 Å². The Morgan fingerprint density at radius 1 is 1.16 bits per heavy atom. The normalized spacial score (nSPS) is 21.4. The standard InChI is InChI=1S/C28H37ClN6O.C5H11NO/c1-6-23(36)33-15-28(16-33)12-19(13-28)35-18(3)25(24-17(2)21(29)11-22(31)20(24)14-30)26(32-35)34-10-8-7-9-27(34,4)5;1-6-2-4-7-5-3-6/h6,11,14,19,30H,1,7-10,12-13,15-16,31H2,2-5H3;2-5H2,1H3. The number of halogens is 1. The molecule has 0 bridgehead atoms. The molecule has 0 atom stereocenters. The number of likely N-dealkylation sites (tertiary alicyclic amines) is 1. The van der Waals surface area contributed by atoms with Gasteiger partial charge >= 0.3 is 0 Å². The van der Waals surface area contributed by atoms with Crippen LogP contribution < -0.4 is 10.6 Å². The van der Waals surface area contributed by atoms with Crippen LogP contribution in [0.1, 0.15) is 68.8 Å². The molecular formula is C33H48ClN7O2. The zero-order valence-electron chi connectivity index (χ0n) is 26.5. The third-order valence-electron chi connectivity index (χ3n) is 9.99. The average molecular weight is 610 g/mol. The number of nitrogens with one attached hydrogen (secondary N) is 1. The average Bonchev–Trinajstić information content (AvgIpc) is 3.25. The number of piperidine rings is 1. The molecule has 1 aliphatic carbocycles. The van der Waals surface area contributed by atoms with Crippen molar-refractivity contribution in [2.75, 3.05) is 63.6 Å². The van der Waals surface area contributed by atoms with E-state index < -0.39 is 0 Å². The highest BCUT2D eigenvalue weighted by molar-refractivity contribution is 6.32. The third-order valence-corrected chi connectivity index (χ3v) is 10.4. The van der Waals surface area contributed by atoms with Crippen LogP contribution >= 0.6 is 11.6 Å². The van der Waals surface area contributed by atoms with Gasteiger partial charge in [0.05, 0.1) is 19.3 Å². The van der Waals surface area contributed by atoms with Crippen LogP contribution in [0, 0.1) is 24.7 Å². The summed E-state index contributed by atoms with van der Waals surface area (Å²) in [7, 11) is 2.11. The van der Waals surface area contributed by atoms with Gasteiger partial charge in [-0.05, 0) is 84.6 Å². The number of benzene rings is 1. The summed E-state index contributed by atoms with van der Waals surface area (Å²) >= 11 is 6.63. The molecule has 234 valence electrons. The lowest BCUT2D eigenvalue weighted by Gasteiger charge is -2.58. The number of nitrogen functional groups attached to an aromatic ring is 1. The lowest BCUT2D eigenvalue weighted by Crippen LogP contribution is -2.63. The van der Waals surface area contributed by atoms with E-state index >= 15 is 0 Å². The number of carbonyl (C=O) groups is 1. The first-order valence-electron chi connectivity index (χ1n) is 15.5. The van der Waals surface area contributed by atoms with Gasteiger partial charge in [-0.1, -0.05) is 18.2 Å². The number of hydrogen-bond donors (Lipinski definition) is 2. The number of amides is 1. The summed E-state index contributed by atoms with van der Waals surface area (Å²) in [5, 5.41) is 14.1. The summed E-state index contributed by atoms with van der Waals surface area (Å²) < 4.78 is 7.30. The van der Waals surface area contributed by atoms with Crippen LogP contribution in [0.15, 0.2) is 18.7 Å². The maximum atomic E-state index is 12.0. The van der Waals surface area contributed by atoms with Gasteiger partial charge in [-0.25, -0.2) is 0 Å². The molecule has 10 heteroatoms. The fourth-order valence-electron chi connectivity index (χ4n) is 7.34. The smallest absolute Gasteiger partial charge is 0.245 e. The van der Waals surface area contributed by atoms with Gasteiger partial charge in [0.2, 0.25) is 5.91 Å². The van der Waals surface area contributed by atoms with E-state index in [1.54, 1.807) is 6.07 Å². The third kappa shape index (κ3) is 5.96. The lowest BCUT2D eigenvalue weighted by molar-refractivity contribution is -0.149. The number of nitrogens with two attached hydrogens (primary N) is 1. The number of carbonyl (C=O) groups excluding carboxylic acids is 1. The SMILES string of the molecule is C=CC(=O)N1CC2(CC(n3nc(N4CCCCC4(C)C)c(-c4c(C)c(Cl)cc(N)c4C=N)c3C)C2)C1.CN1CCOCC1. The maximum absolute atomic E-state index is 12.0. The Balaban J connectivity index is 0.000000463. The molecule has 6 rings (SSSR count). The molecule has 43 heavy (non-hydrogen) atoms. The molecule has 4 aliphatic rings. The van der Waals surface area contributed by atoms with Crippen LogP contribution in [-0.2, 0) is 9.53 Å². The fraction of sp³-hybridized carbons (Fsp3) is 0.606. The number of likely N-dealkylation sites (N-methyl/N-ethyl adjacent to an activating group) is 1. The second-order valence-corrected chi connectivity index (χ2v) is 13.9. The molecule has 1 amide bonds. The molecule has 3 saturated heterocycles. The van der Waals surface area contributed by atoms with Gasteiger partial charge < -0.3 is 30.6 Å². The molecule has 1 aromatic carbocycles. The molecule has 4 heterocycles. The van der Waals surface area contributed by atoms with E-state index in [1.165, 1.54) is 18.7 Å². The minimum atomic E-state index is -0.0259. The van der Waals surface area contributed by atoms with Gasteiger partial charge in [0.1, 0.15) is 0 Å². The first-order chi connectivity index (χ1) is 20.4. The summed E-state index contributed by atoms with van der Waals surface area (Å²) in [4.78, 5) is 18.6. The minimum Gasteiger partial charge on any atom is -0.398 e. The molecule has 2 aromatic rings. The summed E-state index contributed by atoms with van der Waals surface area (Å²) in [5.41, 5.74) is 11.7. The van der Waals surface area contributed by atoms with Crippen molar-refractivity contribution in [1.82, 2.24) is 19.6 Å². The molecule has 3 aliphatic heterocycles. The Kier molecular flexibility index (Phi) is 8.99. The van der Waals surface area contributed by atoms with Crippen molar-refractivity contribution in [3.8, 4) is 11.1 Å². The number of morpholine rings is 1. The zero-order chi connectivity index (χ0) is 31.1. The van der Waals surface area contributed by atoms with Gasteiger partial charge in [0.15, 0.2) is 5.82 Å². The quantitative estimate of drug-likeness (QED) is 0.265.